The third-order valence-corrected chi connectivity index (χ3v) is 8.29. The molecule has 29 heavy (non-hydrogen) atoms. The number of carbonyl (C=O) groups is 1. The summed E-state index contributed by atoms with van der Waals surface area (Å²) in [6, 6.07) is 6.16. The van der Waals surface area contributed by atoms with Crippen LogP contribution in [0.3, 0.4) is 0 Å². The summed E-state index contributed by atoms with van der Waals surface area (Å²) >= 11 is 3.06. The molecular weight excluding hydrogens is 432 g/mol. The molecule has 1 fully saturated rings. The molecular formula is C18H24N4O4S3. The van der Waals surface area contributed by atoms with Crippen LogP contribution in [-0.4, -0.2) is 67.3 Å². The molecule has 1 N–H and O–H groups in total. The Kier molecular flexibility index (Phi) is 8.01. The number of anilines is 1. The minimum atomic E-state index is -3.64. The number of hydrogen-bond acceptors (Lipinski definition) is 9. The van der Waals surface area contributed by atoms with Crippen molar-refractivity contribution in [2.75, 3.05) is 43.9 Å². The van der Waals surface area contributed by atoms with Crippen LogP contribution in [0.5, 0.6) is 0 Å². The van der Waals surface area contributed by atoms with Crippen LogP contribution in [0.1, 0.15) is 30.1 Å². The molecule has 2 aromatic rings. The molecule has 3 rings (SSSR count). The van der Waals surface area contributed by atoms with Crippen LogP contribution in [-0.2, 0) is 14.8 Å². The average molecular weight is 457 g/mol. The fourth-order valence-corrected chi connectivity index (χ4v) is 6.02. The molecule has 0 amide bonds. The molecule has 158 valence electrons. The molecule has 11 heteroatoms. The van der Waals surface area contributed by atoms with Gasteiger partial charge in [0.2, 0.25) is 15.2 Å². The van der Waals surface area contributed by atoms with Gasteiger partial charge < -0.3 is 10.1 Å². The van der Waals surface area contributed by atoms with Crippen LogP contribution in [0.25, 0.3) is 0 Å². The van der Waals surface area contributed by atoms with Crippen molar-refractivity contribution < 1.29 is 17.9 Å². The monoisotopic (exact) mass is 456 g/mol. The van der Waals surface area contributed by atoms with Gasteiger partial charge in [-0.3, -0.25) is 4.79 Å². The molecule has 1 saturated heterocycles. The lowest BCUT2D eigenvalue weighted by molar-refractivity contribution is 0.0730. The van der Waals surface area contributed by atoms with Crippen molar-refractivity contribution in [2.45, 2.75) is 29.0 Å². The first-order valence-corrected chi connectivity index (χ1v) is 12.7. The van der Waals surface area contributed by atoms with Crippen molar-refractivity contribution >= 4 is 44.0 Å². The van der Waals surface area contributed by atoms with Crippen LogP contribution in [0.2, 0.25) is 0 Å². The Morgan fingerprint density at radius 1 is 1.31 bits per heavy atom. The van der Waals surface area contributed by atoms with Gasteiger partial charge in [-0.15, -0.1) is 10.2 Å². The van der Waals surface area contributed by atoms with Gasteiger partial charge in [0.25, 0.3) is 0 Å². The van der Waals surface area contributed by atoms with Crippen LogP contribution in [0.4, 0.5) is 5.13 Å². The molecule has 8 nitrogen and oxygen atoms in total. The smallest absolute Gasteiger partial charge is 0.243 e. The Labute approximate surface area is 179 Å². The van der Waals surface area contributed by atoms with E-state index < -0.39 is 10.0 Å². The number of hydrogen-bond donors (Lipinski definition) is 1. The van der Waals surface area contributed by atoms with E-state index in [-0.39, 0.29) is 17.2 Å². The van der Waals surface area contributed by atoms with Gasteiger partial charge in [0.05, 0.1) is 24.7 Å². The summed E-state index contributed by atoms with van der Waals surface area (Å²) in [5.74, 6) is 0.786. The second kappa shape index (κ2) is 10.5. The van der Waals surface area contributed by atoms with E-state index in [0.29, 0.717) is 37.0 Å². The average Bonchev–Trinajstić information content (AvgIpc) is 3.20. The van der Waals surface area contributed by atoms with E-state index >= 15 is 0 Å². The highest BCUT2D eigenvalue weighted by Crippen LogP contribution is 2.26. The molecule has 1 aliphatic heterocycles. The van der Waals surface area contributed by atoms with E-state index in [9.17, 15) is 13.2 Å². The van der Waals surface area contributed by atoms with Crippen molar-refractivity contribution in [1.82, 2.24) is 14.5 Å². The number of ketones is 1. The number of rotatable bonds is 10. The topological polar surface area (TPSA) is 101 Å². The second-order valence-electron chi connectivity index (χ2n) is 6.40. The minimum absolute atomic E-state index is 0.0231. The van der Waals surface area contributed by atoms with E-state index in [1.54, 1.807) is 23.9 Å². The number of ether oxygens (including phenoxy) is 1. The number of morpholine rings is 1. The zero-order valence-electron chi connectivity index (χ0n) is 16.2. The normalized spacial score (nSPS) is 15.3. The SMILES string of the molecule is CCCCSc1nnc(NCC(=O)c2cccc(S(=O)(=O)N3CCOCC3)c2)s1. The van der Waals surface area contributed by atoms with Crippen molar-refractivity contribution in [1.29, 1.82) is 0 Å². The molecule has 1 aromatic heterocycles. The van der Waals surface area contributed by atoms with E-state index in [2.05, 4.69) is 22.4 Å². The Hall–Kier alpha value is -1.53. The summed E-state index contributed by atoms with van der Waals surface area (Å²) in [7, 11) is -3.64. The third-order valence-electron chi connectivity index (χ3n) is 4.29. The molecule has 2 heterocycles. The Morgan fingerprint density at radius 2 is 2.10 bits per heavy atom. The van der Waals surface area contributed by atoms with Gasteiger partial charge in [0.15, 0.2) is 10.1 Å². The number of sulfonamides is 1. The summed E-state index contributed by atoms with van der Waals surface area (Å²) in [5.41, 5.74) is 0.342. The van der Waals surface area contributed by atoms with Gasteiger partial charge in [-0.1, -0.05) is 48.6 Å². The molecule has 0 spiro atoms. The molecule has 1 aromatic carbocycles. The predicted octanol–water partition coefficient (Wildman–Crippen LogP) is 2.75. The number of carbonyl (C=O) groups excluding carboxylic acids is 1. The first kappa shape index (κ1) is 22.2. The van der Waals surface area contributed by atoms with E-state index in [0.717, 1.165) is 22.9 Å². The van der Waals surface area contributed by atoms with Crippen LogP contribution >= 0.6 is 23.1 Å². The van der Waals surface area contributed by atoms with E-state index in [4.69, 9.17) is 4.74 Å². The lowest BCUT2D eigenvalue weighted by Gasteiger charge is -2.26. The Morgan fingerprint density at radius 3 is 2.86 bits per heavy atom. The maximum atomic E-state index is 12.8. The van der Waals surface area contributed by atoms with Crippen LogP contribution in [0, 0.1) is 0 Å². The number of benzene rings is 1. The number of Topliss-reactive ketones (excluding diaryl/α,β-unsaturated/α-hetero) is 1. The highest BCUT2D eigenvalue weighted by molar-refractivity contribution is 8.01. The first-order valence-electron chi connectivity index (χ1n) is 9.42. The number of nitrogens with one attached hydrogen (secondary N) is 1. The zero-order valence-corrected chi connectivity index (χ0v) is 18.6. The van der Waals surface area contributed by atoms with Crippen LogP contribution in [0.15, 0.2) is 33.5 Å². The maximum Gasteiger partial charge on any atom is 0.243 e. The zero-order chi connectivity index (χ0) is 20.7. The molecule has 0 atom stereocenters. The van der Waals surface area contributed by atoms with Crippen molar-refractivity contribution in [3.8, 4) is 0 Å². The lowest BCUT2D eigenvalue weighted by atomic mass is 10.1. The molecule has 0 radical (unpaired) electrons. The molecule has 0 saturated carbocycles. The van der Waals surface area contributed by atoms with Gasteiger partial charge in [-0.25, -0.2) is 8.42 Å². The fourth-order valence-electron chi connectivity index (χ4n) is 2.67. The second-order valence-corrected chi connectivity index (χ2v) is 10.7. The number of thioether (sulfide) groups is 1. The number of aromatic nitrogens is 2. The van der Waals surface area contributed by atoms with E-state index in [1.807, 2.05) is 0 Å². The van der Waals surface area contributed by atoms with Gasteiger partial charge >= 0.3 is 0 Å². The summed E-state index contributed by atoms with van der Waals surface area (Å²) < 4.78 is 33.0. The summed E-state index contributed by atoms with van der Waals surface area (Å²) in [5, 5.41) is 11.7. The highest BCUT2D eigenvalue weighted by Gasteiger charge is 2.26. The van der Waals surface area contributed by atoms with E-state index in [1.165, 1.54) is 27.8 Å². The summed E-state index contributed by atoms with van der Waals surface area (Å²) in [6.45, 7) is 3.55. The largest absolute Gasteiger partial charge is 0.379 e. The Bertz CT molecular complexity index is 927. The molecule has 0 unspecified atom stereocenters. The van der Waals surface area contributed by atoms with Crippen molar-refractivity contribution in [3.63, 3.8) is 0 Å². The summed E-state index contributed by atoms with van der Waals surface area (Å²) in [4.78, 5) is 12.7. The van der Waals surface area contributed by atoms with Gasteiger partial charge in [0, 0.05) is 24.4 Å². The number of unbranched alkanes of at least 4 members (excludes halogenated alkanes) is 1. The van der Waals surface area contributed by atoms with Crippen LogP contribution < -0.4 is 5.32 Å². The fraction of sp³-hybridized carbons (Fsp3) is 0.500. The van der Waals surface area contributed by atoms with Crippen molar-refractivity contribution in [2.24, 2.45) is 0 Å². The maximum absolute atomic E-state index is 12.8. The van der Waals surface area contributed by atoms with Gasteiger partial charge in [0.1, 0.15) is 0 Å². The quantitative estimate of drug-likeness (QED) is 0.331. The predicted molar refractivity (Wildman–Crippen MR) is 114 cm³/mol. The Balaban J connectivity index is 1.61. The lowest BCUT2D eigenvalue weighted by Crippen LogP contribution is -2.40. The third kappa shape index (κ3) is 5.98. The summed E-state index contributed by atoms with van der Waals surface area (Å²) in [6.07, 6.45) is 2.25. The molecule has 0 bridgehead atoms. The van der Waals surface area contributed by atoms with Gasteiger partial charge in [-0.05, 0) is 18.6 Å². The first-order chi connectivity index (χ1) is 14.0. The molecule has 1 aliphatic rings. The highest BCUT2D eigenvalue weighted by atomic mass is 32.2. The van der Waals surface area contributed by atoms with Gasteiger partial charge in [-0.2, -0.15) is 4.31 Å². The minimum Gasteiger partial charge on any atom is -0.379 e. The molecule has 0 aliphatic carbocycles. The standard InChI is InChI=1S/C18H24N4O4S3/c1-2-3-11-27-18-21-20-17(28-18)19-13-16(23)14-5-4-6-15(12-14)29(24,25)22-7-9-26-10-8-22/h4-6,12H,2-3,7-11,13H2,1H3,(H,19,20). The number of nitrogens with zero attached hydrogens (tertiary/aromatic N) is 3. The van der Waals surface area contributed by atoms with Crippen molar-refractivity contribution in [3.05, 3.63) is 29.8 Å².